The minimum absolute atomic E-state index is 0.678. The summed E-state index contributed by atoms with van der Waals surface area (Å²) in [6.07, 6.45) is 4.47. The lowest BCUT2D eigenvalue weighted by Gasteiger charge is -2.13. The molecule has 0 rings (SSSR count). The van der Waals surface area contributed by atoms with Gasteiger partial charge < -0.3 is 0 Å². The highest BCUT2D eigenvalue weighted by Gasteiger charge is 2.27. The zero-order chi connectivity index (χ0) is 8.74. The molecular formula is C8H12N2S. The van der Waals surface area contributed by atoms with Crippen LogP contribution in [0.2, 0.25) is 0 Å². The van der Waals surface area contributed by atoms with E-state index in [1.807, 2.05) is 6.26 Å². The van der Waals surface area contributed by atoms with Crippen LogP contribution < -0.4 is 0 Å². The lowest BCUT2D eigenvalue weighted by atomic mass is 10.1. The van der Waals surface area contributed by atoms with Crippen LogP contribution >= 0.6 is 11.8 Å². The normalized spacial score (nSPS) is 10.2. The number of nitrogens with zero attached hydrogens (tertiary/aromatic N) is 2. The molecule has 0 aliphatic rings. The maximum absolute atomic E-state index is 8.71. The molecule has 0 saturated carbocycles. The molecule has 0 aliphatic carbocycles. The molecule has 0 fully saturated rings. The SMILES string of the molecule is CCCCC(C#N)(C#N)SC. The van der Waals surface area contributed by atoms with Crippen LogP contribution in [0.3, 0.4) is 0 Å². The van der Waals surface area contributed by atoms with E-state index in [2.05, 4.69) is 19.1 Å². The molecule has 0 aromatic heterocycles. The second-order valence-electron chi connectivity index (χ2n) is 2.36. The summed E-state index contributed by atoms with van der Waals surface area (Å²) in [5, 5.41) is 17.4. The second-order valence-corrected chi connectivity index (χ2v) is 3.46. The average Bonchev–Trinajstić information content (AvgIpc) is 2.08. The molecule has 0 bridgehead atoms. The first-order valence-corrected chi connectivity index (χ1v) is 4.84. The number of nitriles is 2. The maximum Gasteiger partial charge on any atom is 0.188 e. The average molecular weight is 168 g/mol. The summed E-state index contributed by atoms with van der Waals surface area (Å²) in [7, 11) is 0. The highest BCUT2D eigenvalue weighted by molar-refractivity contribution is 8.00. The molecule has 0 heterocycles. The molecule has 0 aromatic rings. The Morgan fingerprint density at radius 2 is 1.91 bits per heavy atom. The van der Waals surface area contributed by atoms with Crippen molar-refractivity contribution in [3.8, 4) is 12.1 Å². The van der Waals surface area contributed by atoms with E-state index in [0.717, 1.165) is 12.8 Å². The fraction of sp³-hybridized carbons (Fsp3) is 0.750. The molecule has 0 aliphatic heterocycles. The van der Waals surface area contributed by atoms with Crippen molar-refractivity contribution in [3.05, 3.63) is 0 Å². The Morgan fingerprint density at radius 1 is 1.36 bits per heavy atom. The van der Waals surface area contributed by atoms with Crippen LogP contribution in [0.25, 0.3) is 0 Å². The smallest absolute Gasteiger partial charge is 0.188 e. The standard InChI is InChI=1S/C8H12N2S/c1-3-4-5-8(6-9,7-10)11-2/h3-5H2,1-2H3. The van der Waals surface area contributed by atoms with E-state index in [9.17, 15) is 0 Å². The van der Waals surface area contributed by atoms with Gasteiger partial charge in [-0.15, -0.1) is 11.8 Å². The van der Waals surface area contributed by atoms with E-state index in [-0.39, 0.29) is 0 Å². The molecular weight excluding hydrogens is 156 g/mol. The van der Waals surface area contributed by atoms with E-state index >= 15 is 0 Å². The molecule has 0 atom stereocenters. The molecule has 0 aromatic carbocycles. The lowest BCUT2D eigenvalue weighted by Crippen LogP contribution is -2.18. The Labute approximate surface area is 72.2 Å². The van der Waals surface area contributed by atoms with Crippen LogP contribution in [0.1, 0.15) is 26.2 Å². The Morgan fingerprint density at radius 3 is 2.18 bits per heavy atom. The topological polar surface area (TPSA) is 47.6 Å². The minimum atomic E-state index is -0.796. The molecule has 3 heteroatoms. The van der Waals surface area contributed by atoms with Crippen LogP contribution in [0.15, 0.2) is 0 Å². The largest absolute Gasteiger partial charge is 0.196 e. The van der Waals surface area contributed by atoms with E-state index in [1.54, 1.807) is 0 Å². The number of rotatable bonds is 4. The maximum atomic E-state index is 8.71. The first kappa shape index (κ1) is 10.3. The molecule has 0 amide bonds. The van der Waals surface area contributed by atoms with Gasteiger partial charge in [0, 0.05) is 0 Å². The monoisotopic (exact) mass is 168 g/mol. The predicted octanol–water partition coefficient (Wildman–Crippen LogP) is 2.33. The third-order valence-electron chi connectivity index (χ3n) is 1.59. The van der Waals surface area contributed by atoms with E-state index < -0.39 is 4.75 Å². The van der Waals surface area contributed by atoms with Gasteiger partial charge >= 0.3 is 0 Å². The first-order chi connectivity index (χ1) is 5.24. The second kappa shape index (κ2) is 5.04. The summed E-state index contributed by atoms with van der Waals surface area (Å²) in [6, 6.07) is 4.10. The van der Waals surface area contributed by atoms with Crippen molar-refractivity contribution in [2.45, 2.75) is 30.9 Å². The number of thioether (sulfide) groups is 1. The van der Waals surface area contributed by atoms with Crippen LogP contribution in [0, 0.1) is 22.7 Å². The van der Waals surface area contributed by atoms with Gasteiger partial charge in [-0.1, -0.05) is 19.8 Å². The van der Waals surface area contributed by atoms with Gasteiger partial charge in [-0.25, -0.2) is 0 Å². The van der Waals surface area contributed by atoms with E-state index in [1.165, 1.54) is 11.8 Å². The van der Waals surface area contributed by atoms with Gasteiger partial charge in [-0.05, 0) is 12.7 Å². The van der Waals surface area contributed by atoms with Crippen molar-refractivity contribution in [2.24, 2.45) is 0 Å². The van der Waals surface area contributed by atoms with Gasteiger partial charge in [0.05, 0.1) is 12.1 Å². The number of hydrogen-bond acceptors (Lipinski definition) is 3. The Bertz CT molecular complexity index is 173. The summed E-state index contributed by atoms with van der Waals surface area (Å²) in [5.41, 5.74) is 0. The van der Waals surface area contributed by atoms with E-state index in [4.69, 9.17) is 10.5 Å². The fourth-order valence-corrected chi connectivity index (χ4v) is 1.29. The molecule has 60 valence electrons. The van der Waals surface area contributed by atoms with Crippen molar-refractivity contribution in [1.29, 1.82) is 10.5 Å². The Balaban J connectivity index is 4.12. The zero-order valence-electron chi connectivity index (χ0n) is 6.92. The fourth-order valence-electron chi connectivity index (χ4n) is 0.756. The van der Waals surface area contributed by atoms with Crippen LogP contribution in [-0.2, 0) is 0 Å². The van der Waals surface area contributed by atoms with Gasteiger partial charge in [0.15, 0.2) is 4.75 Å². The third-order valence-corrected chi connectivity index (χ3v) is 2.68. The quantitative estimate of drug-likeness (QED) is 0.647. The van der Waals surface area contributed by atoms with Gasteiger partial charge in [-0.3, -0.25) is 0 Å². The molecule has 0 unspecified atom stereocenters. The van der Waals surface area contributed by atoms with Gasteiger partial charge in [0.1, 0.15) is 0 Å². The molecule has 0 spiro atoms. The molecule has 0 saturated heterocycles. The third kappa shape index (κ3) is 2.82. The minimum Gasteiger partial charge on any atom is -0.196 e. The molecule has 11 heavy (non-hydrogen) atoms. The van der Waals surface area contributed by atoms with E-state index in [0.29, 0.717) is 6.42 Å². The van der Waals surface area contributed by atoms with Crippen molar-refractivity contribution in [2.75, 3.05) is 6.26 Å². The molecule has 0 N–H and O–H groups in total. The zero-order valence-corrected chi connectivity index (χ0v) is 7.74. The molecule has 2 nitrogen and oxygen atoms in total. The Hall–Kier alpha value is -0.670. The summed E-state index contributed by atoms with van der Waals surface area (Å²) >= 11 is 1.34. The number of hydrogen-bond donors (Lipinski definition) is 0. The predicted molar refractivity (Wildman–Crippen MR) is 47.0 cm³/mol. The van der Waals surface area contributed by atoms with Crippen molar-refractivity contribution < 1.29 is 0 Å². The van der Waals surface area contributed by atoms with Gasteiger partial charge in [0.25, 0.3) is 0 Å². The lowest BCUT2D eigenvalue weighted by molar-refractivity contribution is 0.689. The van der Waals surface area contributed by atoms with Gasteiger partial charge in [-0.2, -0.15) is 10.5 Å². The van der Waals surface area contributed by atoms with Crippen LogP contribution in [-0.4, -0.2) is 11.0 Å². The van der Waals surface area contributed by atoms with Crippen molar-refractivity contribution in [3.63, 3.8) is 0 Å². The summed E-state index contributed by atoms with van der Waals surface area (Å²) < 4.78 is -0.796. The van der Waals surface area contributed by atoms with Crippen molar-refractivity contribution >= 4 is 11.8 Å². The molecule has 0 radical (unpaired) electrons. The first-order valence-electron chi connectivity index (χ1n) is 3.62. The summed E-state index contributed by atoms with van der Waals surface area (Å²) in [5.74, 6) is 0. The summed E-state index contributed by atoms with van der Waals surface area (Å²) in [4.78, 5) is 0. The van der Waals surface area contributed by atoms with Crippen LogP contribution in [0.5, 0.6) is 0 Å². The highest BCUT2D eigenvalue weighted by atomic mass is 32.2. The highest BCUT2D eigenvalue weighted by Crippen LogP contribution is 2.26. The van der Waals surface area contributed by atoms with Crippen LogP contribution in [0.4, 0.5) is 0 Å². The van der Waals surface area contributed by atoms with Gasteiger partial charge in [0.2, 0.25) is 0 Å². The summed E-state index contributed by atoms with van der Waals surface area (Å²) in [6.45, 7) is 2.06. The Kier molecular flexibility index (Phi) is 4.74. The number of unbranched alkanes of at least 4 members (excludes halogenated alkanes) is 1. The van der Waals surface area contributed by atoms with Crippen molar-refractivity contribution in [1.82, 2.24) is 0 Å².